The van der Waals surface area contributed by atoms with E-state index >= 15 is 0 Å². The third kappa shape index (κ3) is 5.00. The van der Waals surface area contributed by atoms with Crippen molar-refractivity contribution >= 4 is 34.3 Å². The Morgan fingerprint density at radius 3 is 2.56 bits per heavy atom. The van der Waals surface area contributed by atoms with Gasteiger partial charge in [-0.3, -0.25) is 0 Å². The monoisotopic (exact) mass is 491 g/mol. The molecule has 1 aliphatic heterocycles. The number of likely N-dealkylation sites (N-methyl/N-ethyl adjacent to an activating group) is 1. The summed E-state index contributed by atoms with van der Waals surface area (Å²) in [7, 11) is 3.94. The second-order valence-electron chi connectivity index (χ2n) is 10.8. The number of ether oxygens (including phenoxy) is 2. The first-order valence-corrected chi connectivity index (χ1v) is 12.8. The van der Waals surface area contributed by atoms with Crippen LogP contribution in [0.5, 0.6) is 0 Å². The molecule has 2 aromatic heterocycles. The first-order valence-electron chi connectivity index (χ1n) is 12.8. The molecule has 1 unspecified atom stereocenters. The van der Waals surface area contributed by atoms with Crippen LogP contribution in [0.2, 0.25) is 0 Å². The van der Waals surface area contributed by atoms with Crippen molar-refractivity contribution in [3.63, 3.8) is 0 Å². The smallest absolute Gasteiger partial charge is 0.410 e. The molecule has 3 heterocycles. The van der Waals surface area contributed by atoms with Crippen molar-refractivity contribution in [1.82, 2.24) is 14.5 Å². The molecule has 1 N–H and O–H groups in total. The second-order valence-corrected chi connectivity index (χ2v) is 10.8. The van der Waals surface area contributed by atoms with Crippen molar-refractivity contribution in [1.29, 1.82) is 0 Å². The number of rotatable bonds is 4. The lowest BCUT2D eigenvalue weighted by Gasteiger charge is -2.33. The molecule has 8 nitrogen and oxygen atoms in total. The van der Waals surface area contributed by atoms with E-state index < -0.39 is 5.60 Å². The normalized spacial score (nSPS) is 18.1. The van der Waals surface area contributed by atoms with Gasteiger partial charge in [0.1, 0.15) is 17.1 Å². The van der Waals surface area contributed by atoms with Gasteiger partial charge in [0, 0.05) is 55.7 Å². The van der Waals surface area contributed by atoms with Gasteiger partial charge in [-0.2, -0.15) is 0 Å². The number of benzene rings is 1. The van der Waals surface area contributed by atoms with E-state index in [2.05, 4.69) is 52.2 Å². The minimum Gasteiger partial charge on any atom is -0.444 e. The summed E-state index contributed by atoms with van der Waals surface area (Å²) in [5.41, 5.74) is 5.29. The van der Waals surface area contributed by atoms with E-state index in [0.717, 1.165) is 68.1 Å². The summed E-state index contributed by atoms with van der Waals surface area (Å²) in [5.74, 6) is 0.821. The summed E-state index contributed by atoms with van der Waals surface area (Å²) in [6, 6.07) is 12.8. The van der Waals surface area contributed by atoms with Crippen LogP contribution in [0.25, 0.3) is 11.0 Å². The predicted octanol–water partition coefficient (Wildman–Crippen LogP) is 4.88. The Kier molecular flexibility index (Phi) is 6.55. The molecule has 5 rings (SSSR count). The van der Waals surface area contributed by atoms with Crippen LogP contribution >= 0.6 is 0 Å². The van der Waals surface area contributed by atoms with Crippen molar-refractivity contribution in [2.75, 3.05) is 43.6 Å². The number of morpholine rings is 1. The van der Waals surface area contributed by atoms with Crippen LogP contribution in [0.15, 0.2) is 36.4 Å². The van der Waals surface area contributed by atoms with Crippen LogP contribution in [0.1, 0.15) is 38.4 Å². The number of hydrogen-bond donors (Lipinski definition) is 1. The summed E-state index contributed by atoms with van der Waals surface area (Å²) in [5, 5.41) is 4.62. The number of amides is 1. The third-order valence-electron chi connectivity index (χ3n) is 7.17. The van der Waals surface area contributed by atoms with Gasteiger partial charge >= 0.3 is 6.09 Å². The number of nitrogens with zero attached hydrogens (tertiary/aromatic N) is 4. The molecule has 0 saturated carbocycles. The van der Waals surface area contributed by atoms with Crippen LogP contribution in [0.4, 0.5) is 22.0 Å². The zero-order valence-electron chi connectivity index (χ0n) is 22.0. The van der Waals surface area contributed by atoms with E-state index in [1.807, 2.05) is 33.9 Å². The van der Waals surface area contributed by atoms with Crippen molar-refractivity contribution in [3.05, 3.63) is 47.7 Å². The molecule has 36 heavy (non-hydrogen) atoms. The summed E-state index contributed by atoms with van der Waals surface area (Å²) < 4.78 is 13.3. The Morgan fingerprint density at radius 1 is 1.14 bits per heavy atom. The zero-order valence-corrected chi connectivity index (χ0v) is 22.0. The Bertz CT molecular complexity index is 1240. The van der Waals surface area contributed by atoms with Gasteiger partial charge in [-0.15, -0.1) is 0 Å². The van der Waals surface area contributed by atoms with Crippen LogP contribution < -0.4 is 10.2 Å². The Hall–Kier alpha value is -3.26. The number of pyridine rings is 1. The number of carbonyl (C=O) groups is 1. The standard InChI is InChI=1S/C28H37N5O3/c1-28(2,3)36-27(34)31(4)21-10-12-24-23(18-21)22-11-13-25(30-26(22)32(24)5)29-19-6-8-20(9-7-19)33-14-16-35-17-15-33/h6-9,11,13,21H,10,12,14-18H2,1-5H3,(H,29,30). The average Bonchev–Trinajstić information content (AvgIpc) is 3.14. The van der Waals surface area contributed by atoms with Crippen molar-refractivity contribution in [3.8, 4) is 0 Å². The molecule has 1 amide bonds. The lowest BCUT2D eigenvalue weighted by molar-refractivity contribution is 0.0210. The first kappa shape index (κ1) is 24.4. The highest BCUT2D eigenvalue weighted by Gasteiger charge is 2.31. The highest BCUT2D eigenvalue weighted by molar-refractivity contribution is 5.85. The van der Waals surface area contributed by atoms with Crippen molar-refractivity contribution < 1.29 is 14.3 Å². The third-order valence-corrected chi connectivity index (χ3v) is 7.17. The fraction of sp³-hybridized carbons (Fsp3) is 0.500. The maximum absolute atomic E-state index is 12.6. The van der Waals surface area contributed by atoms with E-state index in [-0.39, 0.29) is 12.1 Å². The quantitative estimate of drug-likeness (QED) is 0.561. The van der Waals surface area contributed by atoms with E-state index in [1.165, 1.54) is 16.9 Å². The van der Waals surface area contributed by atoms with Crippen LogP contribution in [0.3, 0.4) is 0 Å². The minimum absolute atomic E-state index is 0.112. The molecular formula is C28H37N5O3. The lowest BCUT2D eigenvalue weighted by atomic mass is 9.91. The fourth-order valence-corrected chi connectivity index (χ4v) is 5.22. The fourth-order valence-electron chi connectivity index (χ4n) is 5.22. The Labute approximate surface area is 213 Å². The van der Waals surface area contributed by atoms with Crippen LogP contribution in [-0.4, -0.2) is 65.5 Å². The van der Waals surface area contributed by atoms with Crippen molar-refractivity contribution in [2.24, 2.45) is 7.05 Å². The van der Waals surface area contributed by atoms with E-state index in [9.17, 15) is 4.79 Å². The number of anilines is 3. The SMILES string of the molecule is CN(C(=O)OC(C)(C)C)C1CCc2c(c3ccc(Nc4ccc(N5CCOCC5)cc4)nc3n2C)C1. The molecule has 2 aliphatic rings. The van der Waals surface area contributed by atoms with E-state index in [4.69, 9.17) is 14.5 Å². The number of hydrogen-bond acceptors (Lipinski definition) is 6. The molecule has 1 aliphatic carbocycles. The Balaban J connectivity index is 1.32. The minimum atomic E-state index is -0.499. The molecule has 192 valence electrons. The van der Waals surface area contributed by atoms with E-state index in [0.29, 0.717) is 0 Å². The van der Waals surface area contributed by atoms with Crippen LogP contribution in [0, 0.1) is 0 Å². The van der Waals surface area contributed by atoms with Gasteiger partial charge in [0.25, 0.3) is 0 Å². The summed E-state index contributed by atoms with van der Waals surface area (Å²) in [6.45, 7) is 9.12. The molecule has 3 aromatic rings. The van der Waals surface area contributed by atoms with Gasteiger partial charge in [0.05, 0.1) is 13.2 Å². The molecule has 1 saturated heterocycles. The second kappa shape index (κ2) is 9.65. The van der Waals surface area contributed by atoms with Gasteiger partial charge in [-0.05, 0) is 82.0 Å². The summed E-state index contributed by atoms with van der Waals surface area (Å²) in [4.78, 5) is 21.7. The Morgan fingerprint density at radius 2 is 1.86 bits per heavy atom. The number of carbonyl (C=O) groups excluding carboxylic acids is 1. The maximum Gasteiger partial charge on any atom is 0.410 e. The summed E-state index contributed by atoms with van der Waals surface area (Å²) >= 11 is 0. The number of nitrogens with one attached hydrogen (secondary N) is 1. The molecule has 1 atom stereocenters. The maximum atomic E-state index is 12.6. The number of aromatic nitrogens is 2. The zero-order chi connectivity index (χ0) is 25.4. The first-order chi connectivity index (χ1) is 17.2. The molecule has 0 spiro atoms. The molecule has 1 aromatic carbocycles. The van der Waals surface area contributed by atoms with Crippen LogP contribution in [-0.2, 0) is 29.4 Å². The van der Waals surface area contributed by atoms with Crippen molar-refractivity contribution in [2.45, 2.75) is 51.7 Å². The predicted molar refractivity (Wildman–Crippen MR) is 143 cm³/mol. The van der Waals surface area contributed by atoms with Gasteiger partial charge in [0.15, 0.2) is 0 Å². The summed E-state index contributed by atoms with van der Waals surface area (Å²) in [6.07, 6.45) is 2.36. The molecule has 0 radical (unpaired) electrons. The highest BCUT2D eigenvalue weighted by Crippen LogP contribution is 2.33. The molecule has 8 heteroatoms. The molecule has 1 fully saturated rings. The molecule has 0 bridgehead atoms. The lowest BCUT2D eigenvalue weighted by Crippen LogP contribution is -2.43. The van der Waals surface area contributed by atoms with Gasteiger partial charge in [0.2, 0.25) is 0 Å². The van der Waals surface area contributed by atoms with E-state index in [1.54, 1.807) is 4.90 Å². The average molecular weight is 492 g/mol. The highest BCUT2D eigenvalue weighted by atomic mass is 16.6. The number of fused-ring (bicyclic) bond motifs is 3. The van der Waals surface area contributed by atoms with Gasteiger partial charge in [-0.25, -0.2) is 9.78 Å². The molecular weight excluding hydrogens is 454 g/mol. The van der Waals surface area contributed by atoms with Gasteiger partial charge < -0.3 is 29.2 Å². The number of aryl methyl sites for hydroxylation is 1. The topological polar surface area (TPSA) is 71.9 Å². The largest absolute Gasteiger partial charge is 0.444 e. The van der Waals surface area contributed by atoms with Gasteiger partial charge in [-0.1, -0.05) is 0 Å².